The van der Waals surface area contributed by atoms with Gasteiger partial charge in [0, 0.05) is 12.4 Å². The van der Waals surface area contributed by atoms with Crippen LogP contribution in [0.1, 0.15) is 12.8 Å². The Bertz CT molecular complexity index is 102. The van der Waals surface area contributed by atoms with Gasteiger partial charge in [0.15, 0.2) is 0 Å². The van der Waals surface area contributed by atoms with Gasteiger partial charge in [-0.15, -0.1) is 0 Å². The van der Waals surface area contributed by atoms with E-state index in [9.17, 15) is 0 Å². The third-order valence-corrected chi connectivity index (χ3v) is 3.57. The first-order chi connectivity index (χ1) is 4.83. The minimum absolute atomic E-state index is 0.277. The van der Waals surface area contributed by atoms with Gasteiger partial charge in [-0.2, -0.15) is 11.8 Å². The fourth-order valence-electron chi connectivity index (χ4n) is 1.35. The average Bonchev–Trinajstić information content (AvgIpc) is 2.39. The topological polar surface area (TPSA) is 46.2 Å². The molecule has 0 aliphatic carbocycles. The van der Waals surface area contributed by atoms with Crippen LogP contribution in [0.3, 0.4) is 0 Å². The zero-order chi connectivity index (χ0) is 7.45. The van der Waals surface area contributed by atoms with Crippen LogP contribution in [0.5, 0.6) is 0 Å². The van der Waals surface area contributed by atoms with Crippen LogP contribution < -0.4 is 5.73 Å². The van der Waals surface area contributed by atoms with Gasteiger partial charge in [0.25, 0.3) is 0 Å². The Kier molecular flexibility index (Phi) is 3.01. The fourth-order valence-corrected chi connectivity index (χ4v) is 2.91. The van der Waals surface area contributed by atoms with Crippen molar-refractivity contribution in [1.82, 2.24) is 0 Å². The molecule has 2 nitrogen and oxygen atoms in total. The Morgan fingerprint density at radius 1 is 1.60 bits per heavy atom. The molecule has 0 saturated carbocycles. The zero-order valence-corrected chi connectivity index (χ0v) is 6.99. The molecule has 1 fully saturated rings. The molecule has 1 aliphatic heterocycles. The molecule has 3 N–H and O–H groups in total. The van der Waals surface area contributed by atoms with Gasteiger partial charge in [-0.25, -0.2) is 0 Å². The smallest absolute Gasteiger partial charge is 0.0437 e. The summed E-state index contributed by atoms with van der Waals surface area (Å²) in [6.07, 6.45) is 2.07. The molecule has 0 aromatic carbocycles. The van der Waals surface area contributed by atoms with E-state index in [0.717, 1.165) is 18.7 Å². The molecule has 0 aromatic heterocycles. The van der Waals surface area contributed by atoms with E-state index in [0.29, 0.717) is 0 Å². The van der Waals surface area contributed by atoms with Crippen molar-refractivity contribution < 1.29 is 5.11 Å². The molecule has 1 atom stereocenters. The SMILES string of the molecule is NCC1(CCO)CCSC1. The van der Waals surface area contributed by atoms with E-state index in [2.05, 4.69) is 0 Å². The largest absolute Gasteiger partial charge is 0.396 e. The second-order valence-corrected chi connectivity index (χ2v) is 4.09. The Labute approximate surface area is 66.2 Å². The van der Waals surface area contributed by atoms with E-state index < -0.39 is 0 Å². The molecule has 0 radical (unpaired) electrons. The van der Waals surface area contributed by atoms with Gasteiger partial charge in [0.2, 0.25) is 0 Å². The van der Waals surface area contributed by atoms with E-state index >= 15 is 0 Å². The van der Waals surface area contributed by atoms with Crippen LogP contribution in [0.4, 0.5) is 0 Å². The number of hydrogen-bond donors (Lipinski definition) is 2. The summed E-state index contributed by atoms with van der Waals surface area (Å²) in [5.74, 6) is 2.36. The van der Waals surface area contributed by atoms with Crippen LogP contribution in [0.15, 0.2) is 0 Å². The molecule has 0 aromatic rings. The highest BCUT2D eigenvalue weighted by Gasteiger charge is 2.31. The normalized spacial score (nSPS) is 33.0. The Balaban J connectivity index is 2.41. The van der Waals surface area contributed by atoms with Crippen LogP contribution >= 0.6 is 11.8 Å². The lowest BCUT2D eigenvalue weighted by molar-refractivity contribution is 0.207. The van der Waals surface area contributed by atoms with Gasteiger partial charge in [0.05, 0.1) is 0 Å². The average molecular weight is 161 g/mol. The molecule has 1 saturated heterocycles. The van der Waals surface area contributed by atoms with E-state index in [4.69, 9.17) is 10.8 Å². The van der Waals surface area contributed by atoms with Crippen molar-refractivity contribution in [1.29, 1.82) is 0 Å². The van der Waals surface area contributed by atoms with Crippen molar-refractivity contribution in [2.24, 2.45) is 11.1 Å². The predicted molar refractivity (Wildman–Crippen MR) is 45.1 cm³/mol. The molecular formula is C7H15NOS. The molecule has 10 heavy (non-hydrogen) atoms. The van der Waals surface area contributed by atoms with Gasteiger partial charge < -0.3 is 10.8 Å². The number of aliphatic hydroxyl groups excluding tert-OH is 1. The van der Waals surface area contributed by atoms with Gasteiger partial charge >= 0.3 is 0 Å². The Morgan fingerprint density at radius 2 is 2.40 bits per heavy atom. The first-order valence-corrected chi connectivity index (χ1v) is 4.87. The lowest BCUT2D eigenvalue weighted by Crippen LogP contribution is -2.31. The predicted octanol–water partition coefficient (Wildman–Crippen LogP) is 0.451. The number of hydrogen-bond acceptors (Lipinski definition) is 3. The number of thioether (sulfide) groups is 1. The standard InChI is InChI=1S/C7H15NOS/c8-5-7(1-3-9)2-4-10-6-7/h9H,1-6,8H2. The molecule has 1 heterocycles. The number of aliphatic hydroxyl groups is 1. The van der Waals surface area contributed by atoms with Gasteiger partial charge in [-0.1, -0.05) is 0 Å². The molecule has 60 valence electrons. The third-order valence-electron chi connectivity index (χ3n) is 2.26. The van der Waals surface area contributed by atoms with Crippen molar-refractivity contribution in [3.05, 3.63) is 0 Å². The quantitative estimate of drug-likeness (QED) is 0.632. The van der Waals surface area contributed by atoms with E-state index in [1.54, 1.807) is 0 Å². The lowest BCUT2D eigenvalue weighted by Gasteiger charge is -2.24. The third kappa shape index (κ3) is 1.65. The monoisotopic (exact) mass is 161 g/mol. The maximum absolute atomic E-state index is 8.76. The summed E-state index contributed by atoms with van der Waals surface area (Å²) in [6, 6.07) is 0. The zero-order valence-electron chi connectivity index (χ0n) is 6.18. The summed E-state index contributed by atoms with van der Waals surface area (Å²) in [5, 5.41) is 8.76. The minimum Gasteiger partial charge on any atom is -0.396 e. The molecule has 0 amide bonds. The lowest BCUT2D eigenvalue weighted by atomic mass is 9.84. The van der Waals surface area contributed by atoms with Crippen molar-refractivity contribution in [3.63, 3.8) is 0 Å². The van der Waals surface area contributed by atoms with Crippen LogP contribution in [0, 0.1) is 5.41 Å². The Hall–Kier alpha value is 0.270. The van der Waals surface area contributed by atoms with Crippen LogP contribution in [0.25, 0.3) is 0 Å². The molecule has 0 bridgehead atoms. The summed E-state index contributed by atoms with van der Waals surface area (Å²) >= 11 is 1.95. The summed E-state index contributed by atoms with van der Waals surface area (Å²) in [7, 11) is 0. The summed E-state index contributed by atoms with van der Waals surface area (Å²) < 4.78 is 0. The molecule has 0 spiro atoms. The maximum atomic E-state index is 8.76. The van der Waals surface area contributed by atoms with Gasteiger partial charge in [-0.3, -0.25) is 0 Å². The van der Waals surface area contributed by atoms with Crippen LogP contribution in [-0.2, 0) is 0 Å². The highest BCUT2D eigenvalue weighted by molar-refractivity contribution is 7.99. The van der Waals surface area contributed by atoms with Gasteiger partial charge in [0.1, 0.15) is 0 Å². The van der Waals surface area contributed by atoms with Crippen molar-refractivity contribution in [3.8, 4) is 0 Å². The molecule has 1 unspecified atom stereocenters. The van der Waals surface area contributed by atoms with Crippen molar-refractivity contribution >= 4 is 11.8 Å². The molecule has 3 heteroatoms. The maximum Gasteiger partial charge on any atom is 0.0437 e. The van der Waals surface area contributed by atoms with Crippen LogP contribution in [-0.4, -0.2) is 29.8 Å². The highest BCUT2D eigenvalue weighted by Crippen LogP contribution is 2.37. The van der Waals surface area contributed by atoms with E-state index in [1.165, 1.54) is 12.2 Å². The van der Waals surface area contributed by atoms with E-state index in [1.807, 2.05) is 11.8 Å². The number of rotatable bonds is 3. The van der Waals surface area contributed by atoms with E-state index in [-0.39, 0.29) is 12.0 Å². The van der Waals surface area contributed by atoms with Gasteiger partial charge in [-0.05, 0) is 30.6 Å². The first-order valence-electron chi connectivity index (χ1n) is 3.72. The molecular weight excluding hydrogens is 146 g/mol. The molecule has 1 aliphatic rings. The minimum atomic E-state index is 0.277. The second-order valence-electron chi connectivity index (χ2n) is 2.98. The molecule has 1 rings (SSSR count). The number of nitrogens with two attached hydrogens (primary N) is 1. The first kappa shape index (κ1) is 8.37. The summed E-state index contributed by atoms with van der Waals surface area (Å²) in [5.41, 5.74) is 5.91. The Morgan fingerprint density at radius 3 is 2.80 bits per heavy atom. The van der Waals surface area contributed by atoms with Crippen molar-refractivity contribution in [2.75, 3.05) is 24.7 Å². The highest BCUT2D eigenvalue weighted by atomic mass is 32.2. The van der Waals surface area contributed by atoms with Crippen LogP contribution in [0.2, 0.25) is 0 Å². The van der Waals surface area contributed by atoms with Crippen molar-refractivity contribution in [2.45, 2.75) is 12.8 Å². The summed E-state index contributed by atoms with van der Waals surface area (Å²) in [6.45, 7) is 1.03. The fraction of sp³-hybridized carbons (Fsp3) is 1.00. The summed E-state index contributed by atoms with van der Waals surface area (Å²) in [4.78, 5) is 0. The second kappa shape index (κ2) is 3.60.